The predicted molar refractivity (Wildman–Crippen MR) is 82.9 cm³/mol. The van der Waals surface area contributed by atoms with Crippen LogP contribution in [0.4, 0.5) is 5.69 Å². The van der Waals surface area contributed by atoms with Crippen molar-refractivity contribution in [2.45, 2.75) is 19.9 Å². The number of likely N-dealkylation sites (N-methyl/N-ethyl adjacent to an activating group) is 1. The lowest BCUT2D eigenvalue weighted by atomic mass is 10.1. The largest absolute Gasteiger partial charge is 0.379 e. The van der Waals surface area contributed by atoms with Gasteiger partial charge in [0.25, 0.3) is 0 Å². The third kappa shape index (κ3) is 4.56. The van der Waals surface area contributed by atoms with Crippen LogP contribution in [-0.2, 0) is 17.8 Å². The van der Waals surface area contributed by atoms with Gasteiger partial charge in [0.1, 0.15) is 5.82 Å². The number of rotatable bonds is 5. The summed E-state index contributed by atoms with van der Waals surface area (Å²) < 4.78 is 0. The van der Waals surface area contributed by atoms with Crippen LogP contribution in [0.15, 0.2) is 36.5 Å². The Morgan fingerprint density at radius 2 is 1.90 bits per heavy atom. The minimum Gasteiger partial charge on any atom is -0.379 e. The summed E-state index contributed by atoms with van der Waals surface area (Å²) in [6.45, 7) is 2.53. The maximum Gasteiger partial charge on any atom is 0.226 e. The van der Waals surface area contributed by atoms with Gasteiger partial charge in [0.05, 0.1) is 18.7 Å². The molecule has 0 aliphatic rings. The molecule has 0 bridgehead atoms. The van der Waals surface area contributed by atoms with Crippen molar-refractivity contribution in [2.75, 3.05) is 19.4 Å². The first-order valence-corrected chi connectivity index (χ1v) is 6.86. The molecular weight excluding hydrogens is 264 g/mol. The Labute approximate surface area is 125 Å². The van der Waals surface area contributed by atoms with Crippen LogP contribution < -0.4 is 5.32 Å². The fraction of sp³-hybridized carbons (Fsp3) is 0.312. The molecule has 1 aromatic heterocycles. The molecule has 1 aromatic carbocycles. The Bertz CT molecular complexity index is 608. The van der Waals surface area contributed by atoms with Crippen molar-refractivity contribution in [3.8, 4) is 0 Å². The number of hydrogen-bond donors (Lipinski definition) is 1. The first-order valence-electron chi connectivity index (χ1n) is 6.86. The van der Waals surface area contributed by atoms with Crippen LogP contribution in [0, 0.1) is 6.92 Å². The van der Waals surface area contributed by atoms with Crippen molar-refractivity contribution in [3.63, 3.8) is 0 Å². The number of carbonyl (C=O) groups is 1. The van der Waals surface area contributed by atoms with E-state index in [0.717, 1.165) is 22.8 Å². The second-order valence-corrected chi connectivity index (χ2v) is 5.11. The van der Waals surface area contributed by atoms with Gasteiger partial charge in [-0.3, -0.25) is 4.79 Å². The Balaban J connectivity index is 1.92. The van der Waals surface area contributed by atoms with E-state index < -0.39 is 0 Å². The Hall–Kier alpha value is -2.43. The molecule has 0 saturated heterocycles. The van der Waals surface area contributed by atoms with Gasteiger partial charge in [-0.05, 0) is 30.7 Å². The summed E-state index contributed by atoms with van der Waals surface area (Å²) in [5.41, 5.74) is 2.97. The van der Waals surface area contributed by atoms with E-state index in [4.69, 9.17) is 0 Å². The van der Waals surface area contributed by atoms with Gasteiger partial charge in [-0.25, -0.2) is 9.97 Å². The van der Waals surface area contributed by atoms with Gasteiger partial charge < -0.3 is 10.2 Å². The highest BCUT2D eigenvalue weighted by atomic mass is 16.2. The molecule has 1 N–H and O–H groups in total. The average molecular weight is 284 g/mol. The van der Waals surface area contributed by atoms with Gasteiger partial charge in [0, 0.05) is 26.0 Å². The summed E-state index contributed by atoms with van der Waals surface area (Å²) >= 11 is 0. The summed E-state index contributed by atoms with van der Waals surface area (Å²) in [7, 11) is 3.53. The molecule has 5 heteroatoms. The van der Waals surface area contributed by atoms with E-state index in [2.05, 4.69) is 15.3 Å². The lowest BCUT2D eigenvalue weighted by molar-refractivity contribution is -0.127. The van der Waals surface area contributed by atoms with E-state index in [-0.39, 0.29) is 5.91 Å². The molecule has 1 heterocycles. The molecule has 0 radical (unpaired) electrons. The molecule has 1 amide bonds. The minimum absolute atomic E-state index is 0.104. The van der Waals surface area contributed by atoms with Crippen molar-refractivity contribution >= 4 is 11.6 Å². The normalized spacial score (nSPS) is 10.2. The summed E-state index contributed by atoms with van der Waals surface area (Å²) in [5, 5.41) is 3.31. The highest BCUT2D eigenvalue weighted by Crippen LogP contribution is 2.11. The van der Waals surface area contributed by atoms with Crippen molar-refractivity contribution in [1.82, 2.24) is 14.9 Å². The highest BCUT2D eigenvalue weighted by molar-refractivity contribution is 5.78. The molecule has 2 aromatic rings. The zero-order valence-electron chi connectivity index (χ0n) is 12.6. The van der Waals surface area contributed by atoms with Crippen molar-refractivity contribution in [1.29, 1.82) is 0 Å². The molecule has 2 rings (SSSR count). The first-order chi connectivity index (χ1) is 10.0. The van der Waals surface area contributed by atoms with Gasteiger partial charge in [-0.1, -0.05) is 12.1 Å². The van der Waals surface area contributed by atoms with Crippen LogP contribution in [0.25, 0.3) is 0 Å². The van der Waals surface area contributed by atoms with Crippen LogP contribution in [0.3, 0.4) is 0 Å². The standard InChI is InChI=1S/C16H20N4O/c1-12-17-9-8-15(19-12)11-18-14-6-4-13(5-7-14)10-16(21)20(2)3/h4-9,18H,10-11H2,1-3H3. The van der Waals surface area contributed by atoms with E-state index >= 15 is 0 Å². The van der Waals surface area contributed by atoms with E-state index in [1.54, 1.807) is 25.2 Å². The monoisotopic (exact) mass is 284 g/mol. The average Bonchev–Trinajstić information content (AvgIpc) is 2.46. The fourth-order valence-corrected chi connectivity index (χ4v) is 1.87. The number of benzene rings is 1. The lowest BCUT2D eigenvalue weighted by Crippen LogP contribution is -2.23. The van der Waals surface area contributed by atoms with Gasteiger partial charge in [0.2, 0.25) is 5.91 Å². The topological polar surface area (TPSA) is 58.1 Å². The quantitative estimate of drug-likeness (QED) is 0.912. The summed E-state index contributed by atoms with van der Waals surface area (Å²) in [4.78, 5) is 21.7. The van der Waals surface area contributed by atoms with Crippen LogP contribution >= 0.6 is 0 Å². The Morgan fingerprint density at radius 1 is 1.19 bits per heavy atom. The van der Waals surface area contributed by atoms with E-state index in [0.29, 0.717) is 13.0 Å². The van der Waals surface area contributed by atoms with E-state index in [1.165, 1.54) is 0 Å². The third-order valence-corrected chi connectivity index (χ3v) is 3.12. The summed E-state index contributed by atoms with van der Waals surface area (Å²) in [5.74, 6) is 0.874. The molecular formula is C16H20N4O. The second-order valence-electron chi connectivity index (χ2n) is 5.11. The van der Waals surface area contributed by atoms with Crippen LogP contribution in [0.1, 0.15) is 17.1 Å². The van der Waals surface area contributed by atoms with E-state index in [9.17, 15) is 4.79 Å². The number of anilines is 1. The van der Waals surface area contributed by atoms with E-state index in [1.807, 2.05) is 37.3 Å². The lowest BCUT2D eigenvalue weighted by Gasteiger charge is -2.11. The molecule has 0 spiro atoms. The van der Waals surface area contributed by atoms with Gasteiger partial charge >= 0.3 is 0 Å². The Kier molecular flexibility index (Phi) is 4.87. The molecule has 0 fully saturated rings. The zero-order valence-corrected chi connectivity index (χ0v) is 12.6. The second kappa shape index (κ2) is 6.83. The Morgan fingerprint density at radius 3 is 2.52 bits per heavy atom. The van der Waals surface area contributed by atoms with Crippen LogP contribution in [-0.4, -0.2) is 34.9 Å². The molecule has 0 aliphatic carbocycles. The number of carbonyl (C=O) groups excluding carboxylic acids is 1. The number of aromatic nitrogens is 2. The number of amides is 1. The molecule has 0 unspecified atom stereocenters. The molecule has 5 nitrogen and oxygen atoms in total. The number of nitrogens with zero attached hydrogens (tertiary/aromatic N) is 3. The molecule has 110 valence electrons. The molecule has 21 heavy (non-hydrogen) atoms. The van der Waals surface area contributed by atoms with Gasteiger partial charge in [-0.15, -0.1) is 0 Å². The highest BCUT2D eigenvalue weighted by Gasteiger charge is 2.05. The zero-order chi connectivity index (χ0) is 15.2. The fourth-order valence-electron chi connectivity index (χ4n) is 1.87. The predicted octanol–water partition coefficient (Wildman–Crippen LogP) is 2.03. The molecule has 0 saturated carbocycles. The maximum absolute atomic E-state index is 11.6. The van der Waals surface area contributed by atoms with Crippen LogP contribution in [0.2, 0.25) is 0 Å². The summed E-state index contributed by atoms with van der Waals surface area (Å²) in [6, 6.07) is 9.78. The first kappa shape index (κ1) is 15.0. The minimum atomic E-state index is 0.104. The van der Waals surface area contributed by atoms with Crippen molar-refractivity contribution < 1.29 is 4.79 Å². The SMILES string of the molecule is Cc1nccc(CNc2ccc(CC(=O)N(C)C)cc2)n1. The molecule has 0 atom stereocenters. The van der Waals surface area contributed by atoms with Gasteiger partial charge in [-0.2, -0.15) is 0 Å². The van der Waals surface area contributed by atoms with Crippen LogP contribution in [0.5, 0.6) is 0 Å². The molecule has 0 aliphatic heterocycles. The number of hydrogen-bond acceptors (Lipinski definition) is 4. The van der Waals surface area contributed by atoms with Crippen molar-refractivity contribution in [2.24, 2.45) is 0 Å². The third-order valence-electron chi connectivity index (χ3n) is 3.12. The maximum atomic E-state index is 11.6. The van der Waals surface area contributed by atoms with Crippen molar-refractivity contribution in [3.05, 3.63) is 53.6 Å². The summed E-state index contributed by atoms with van der Waals surface area (Å²) in [6.07, 6.45) is 2.19. The van der Waals surface area contributed by atoms with Gasteiger partial charge in [0.15, 0.2) is 0 Å². The smallest absolute Gasteiger partial charge is 0.226 e. The number of nitrogens with one attached hydrogen (secondary N) is 1. The number of aryl methyl sites for hydroxylation is 1.